The van der Waals surface area contributed by atoms with Gasteiger partial charge < -0.3 is 20.3 Å². The van der Waals surface area contributed by atoms with Crippen molar-refractivity contribution in [1.82, 2.24) is 5.32 Å². The lowest BCUT2D eigenvalue weighted by Gasteiger charge is -2.33. The number of nitrogens with zero attached hydrogens (tertiary/aromatic N) is 2. The Morgan fingerprint density at radius 3 is 3.00 bits per heavy atom. The molecule has 1 atom stereocenters. The molecule has 2 heterocycles. The molecule has 0 spiro atoms. The van der Waals surface area contributed by atoms with Crippen LogP contribution in [0.15, 0.2) is 12.1 Å². The Labute approximate surface area is 121 Å². The number of hydrogen-bond acceptors (Lipinski definition) is 6. The van der Waals surface area contributed by atoms with Gasteiger partial charge in [-0.2, -0.15) is 0 Å². The highest BCUT2D eigenvalue weighted by atomic mass is 16.6. The number of carbonyl (C=O) groups is 1. The summed E-state index contributed by atoms with van der Waals surface area (Å²) in [5, 5.41) is 17.3. The van der Waals surface area contributed by atoms with Gasteiger partial charge >= 0.3 is 0 Å². The number of fused-ring (bicyclic) bond motifs is 1. The van der Waals surface area contributed by atoms with Gasteiger partial charge in [0.1, 0.15) is 5.69 Å². The number of rotatable bonds is 2. The number of amides is 1. The van der Waals surface area contributed by atoms with E-state index in [0.29, 0.717) is 30.2 Å². The quantitative estimate of drug-likeness (QED) is 0.616. The molecule has 0 radical (unpaired) electrons. The smallest absolute Gasteiger partial charge is 0.296 e. The molecule has 8 nitrogen and oxygen atoms in total. The van der Waals surface area contributed by atoms with Crippen molar-refractivity contribution in [2.75, 3.05) is 36.5 Å². The van der Waals surface area contributed by atoms with E-state index in [1.54, 1.807) is 6.07 Å². The molecule has 1 aromatic rings. The van der Waals surface area contributed by atoms with Crippen molar-refractivity contribution >= 4 is 23.0 Å². The molecule has 3 rings (SSSR count). The van der Waals surface area contributed by atoms with Crippen LogP contribution in [-0.4, -0.2) is 43.1 Å². The van der Waals surface area contributed by atoms with Gasteiger partial charge in [-0.05, 0) is 13.0 Å². The molecule has 1 fully saturated rings. The second-order valence-electron chi connectivity index (χ2n) is 5.23. The van der Waals surface area contributed by atoms with Crippen LogP contribution in [0.1, 0.15) is 6.92 Å². The summed E-state index contributed by atoms with van der Waals surface area (Å²) in [6, 6.07) is 3.26. The summed E-state index contributed by atoms with van der Waals surface area (Å²) in [5.41, 5.74) is 0.995. The maximum atomic E-state index is 11.4. The number of anilines is 2. The minimum Gasteiger partial charge on any atom is -0.481 e. The zero-order chi connectivity index (χ0) is 15.0. The number of ether oxygens (including phenoxy) is 1. The summed E-state index contributed by atoms with van der Waals surface area (Å²) in [7, 11) is 0. The summed E-state index contributed by atoms with van der Waals surface area (Å²) in [4.78, 5) is 24.3. The molecule has 2 N–H and O–H groups in total. The van der Waals surface area contributed by atoms with E-state index >= 15 is 0 Å². The van der Waals surface area contributed by atoms with E-state index in [9.17, 15) is 14.9 Å². The van der Waals surface area contributed by atoms with Crippen LogP contribution in [0.2, 0.25) is 0 Å². The molecule has 1 amide bonds. The maximum absolute atomic E-state index is 11.4. The van der Waals surface area contributed by atoms with Crippen LogP contribution in [-0.2, 0) is 4.79 Å². The molecule has 21 heavy (non-hydrogen) atoms. The van der Waals surface area contributed by atoms with Gasteiger partial charge in [0.15, 0.2) is 12.4 Å². The summed E-state index contributed by atoms with van der Waals surface area (Å²) in [6.45, 7) is 4.03. The predicted octanol–water partition coefficient (Wildman–Crippen LogP) is 0.724. The Morgan fingerprint density at radius 2 is 2.29 bits per heavy atom. The molecule has 0 aliphatic carbocycles. The van der Waals surface area contributed by atoms with Crippen LogP contribution in [0.3, 0.4) is 0 Å². The number of benzene rings is 1. The van der Waals surface area contributed by atoms with Crippen molar-refractivity contribution in [2.24, 2.45) is 0 Å². The van der Waals surface area contributed by atoms with Crippen molar-refractivity contribution < 1.29 is 14.5 Å². The molecule has 0 saturated carbocycles. The second-order valence-corrected chi connectivity index (χ2v) is 5.23. The van der Waals surface area contributed by atoms with Crippen molar-refractivity contribution in [1.29, 1.82) is 0 Å². The fourth-order valence-corrected chi connectivity index (χ4v) is 2.65. The van der Waals surface area contributed by atoms with Gasteiger partial charge in [-0.1, -0.05) is 0 Å². The van der Waals surface area contributed by atoms with Crippen molar-refractivity contribution in [3.05, 3.63) is 22.2 Å². The number of nitro benzene ring substituents is 1. The third-order valence-corrected chi connectivity index (χ3v) is 3.62. The zero-order valence-electron chi connectivity index (χ0n) is 11.6. The van der Waals surface area contributed by atoms with Crippen LogP contribution in [0.5, 0.6) is 5.75 Å². The van der Waals surface area contributed by atoms with E-state index in [0.717, 1.165) is 6.54 Å². The number of nitrogens with one attached hydrogen (secondary N) is 2. The minimum atomic E-state index is -0.415. The van der Waals surface area contributed by atoms with E-state index in [1.807, 2.05) is 11.8 Å². The molecule has 0 unspecified atom stereocenters. The predicted molar refractivity (Wildman–Crippen MR) is 76.9 cm³/mol. The van der Waals surface area contributed by atoms with Gasteiger partial charge in [0, 0.05) is 25.7 Å². The molecule has 2 aliphatic rings. The molecule has 0 bridgehead atoms. The lowest BCUT2D eigenvalue weighted by Crippen LogP contribution is -2.49. The largest absolute Gasteiger partial charge is 0.481 e. The first kappa shape index (κ1) is 13.6. The average Bonchev–Trinajstić information content (AvgIpc) is 2.45. The van der Waals surface area contributed by atoms with Gasteiger partial charge in [-0.3, -0.25) is 14.9 Å². The van der Waals surface area contributed by atoms with Crippen molar-refractivity contribution in [2.45, 2.75) is 13.0 Å². The first-order valence-electron chi connectivity index (χ1n) is 6.78. The standard InChI is InChI=1S/C13H16N4O4/c1-8-6-16(3-2-14-8)10-4-9-12(5-11(10)17(19)20)21-7-13(18)15-9/h4-5,8,14H,2-3,6-7H2,1H3,(H,15,18)/t8-/m0/s1. The van der Waals surface area contributed by atoms with Crippen LogP contribution in [0, 0.1) is 10.1 Å². The highest BCUT2D eigenvalue weighted by Gasteiger charge is 2.28. The lowest BCUT2D eigenvalue weighted by molar-refractivity contribution is -0.384. The lowest BCUT2D eigenvalue weighted by atomic mass is 10.1. The molecular weight excluding hydrogens is 276 g/mol. The SMILES string of the molecule is C[C@H]1CN(c2cc3c(cc2[N+](=O)[O-])OCC(=O)N3)CCN1. The van der Waals surface area contributed by atoms with Crippen molar-refractivity contribution in [3.63, 3.8) is 0 Å². The van der Waals surface area contributed by atoms with E-state index < -0.39 is 4.92 Å². The summed E-state index contributed by atoms with van der Waals surface area (Å²) >= 11 is 0. The molecule has 1 aromatic carbocycles. The summed E-state index contributed by atoms with van der Waals surface area (Å²) in [5.74, 6) is 0.0872. The normalized spacial score (nSPS) is 21.3. The molecular formula is C13H16N4O4. The van der Waals surface area contributed by atoms with E-state index in [2.05, 4.69) is 10.6 Å². The number of nitro groups is 1. The van der Waals surface area contributed by atoms with Gasteiger partial charge in [0.05, 0.1) is 16.7 Å². The molecule has 112 valence electrons. The van der Waals surface area contributed by atoms with Crippen molar-refractivity contribution in [3.8, 4) is 5.75 Å². The van der Waals surface area contributed by atoms with Crippen LogP contribution < -0.4 is 20.3 Å². The monoisotopic (exact) mass is 292 g/mol. The second kappa shape index (κ2) is 5.21. The van der Waals surface area contributed by atoms with E-state index in [1.165, 1.54) is 6.07 Å². The molecule has 8 heteroatoms. The number of carbonyl (C=O) groups excluding carboxylic acids is 1. The average molecular weight is 292 g/mol. The Hall–Kier alpha value is -2.35. The Morgan fingerprint density at radius 1 is 1.48 bits per heavy atom. The van der Waals surface area contributed by atoms with Gasteiger partial charge in [0.25, 0.3) is 11.6 Å². The molecule has 2 aliphatic heterocycles. The highest BCUT2D eigenvalue weighted by Crippen LogP contribution is 2.39. The summed E-state index contributed by atoms with van der Waals surface area (Å²) < 4.78 is 5.24. The van der Waals surface area contributed by atoms with Crippen LogP contribution >= 0.6 is 0 Å². The van der Waals surface area contributed by atoms with Gasteiger partial charge in [-0.25, -0.2) is 0 Å². The van der Waals surface area contributed by atoms with Crippen LogP contribution in [0.25, 0.3) is 0 Å². The fourth-order valence-electron chi connectivity index (χ4n) is 2.65. The zero-order valence-corrected chi connectivity index (χ0v) is 11.6. The number of piperazine rings is 1. The van der Waals surface area contributed by atoms with Gasteiger partial charge in [-0.15, -0.1) is 0 Å². The third-order valence-electron chi connectivity index (χ3n) is 3.62. The first-order chi connectivity index (χ1) is 10.0. The number of hydrogen-bond donors (Lipinski definition) is 2. The first-order valence-corrected chi connectivity index (χ1v) is 6.78. The topological polar surface area (TPSA) is 96.7 Å². The summed E-state index contributed by atoms with van der Waals surface area (Å²) in [6.07, 6.45) is 0. The van der Waals surface area contributed by atoms with E-state index in [-0.39, 0.29) is 24.2 Å². The molecule has 0 aromatic heterocycles. The Kier molecular flexibility index (Phi) is 3.38. The van der Waals surface area contributed by atoms with Crippen LogP contribution in [0.4, 0.5) is 17.1 Å². The Bertz CT molecular complexity index is 604. The maximum Gasteiger partial charge on any atom is 0.296 e. The fraction of sp³-hybridized carbons (Fsp3) is 0.462. The van der Waals surface area contributed by atoms with E-state index in [4.69, 9.17) is 4.74 Å². The molecule has 1 saturated heterocycles. The highest BCUT2D eigenvalue weighted by molar-refractivity contribution is 5.97. The third kappa shape index (κ3) is 2.62. The minimum absolute atomic E-state index is 0.000927. The Balaban J connectivity index is 2.02. The van der Waals surface area contributed by atoms with Gasteiger partial charge in [0.2, 0.25) is 0 Å².